The molecule has 0 fully saturated rings. The monoisotopic (exact) mass is 258 g/mol. The molecule has 0 aliphatic rings. The van der Waals surface area contributed by atoms with E-state index in [4.69, 9.17) is 0 Å². The first-order valence-corrected chi connectivity index (χ1v) is 7.09. The van der Waals surface area contributed by atoms with Crippen molar-refractivity contribution >= 4 is 0 Å². The molecule has 0 atom stereocenters. The number of benzene rings is 2. The average Bonchev–Trinajstić information content (AvgIpc) is 2.48. The number of hydrogen-bond acceptors (Lipinski definition) is 1. The van der Waals surface area contributed by atoms with Gasteiger partial charge in [-0.15, -0.1) is 0 Å². The second kappa shape index (κ2) is 10.2. The number of hydrogen-bond donors (Lipinski definition) is 1. The van der Waals surface area contributed by atoms with Crippen molar-refractivity contribution in [1.82, 2.24) is 0 Å². The summed E-state index contributed by atoms with van der Waals surface area (Å²) in [4.78, 5) is 0. The molecule has 0 saturated carbocycles. The third kappa shape index (κ3) is 5.60. The lowest BCUT2D eigenvalue weighted by Crippen LogP contribution is -1.91. The number of para-hydroxylation sites is 1. The van der Waals surface area contributed by atoms with Crippen molar-refractivity contribution in [3.8, 4) is 5.75 Å². The van der Waals surface area contributed by atoms with E-state index >= 15 is 0 Å². The summed E-state index contributed by atoms with van der Waals surface area (Å²) in [5, 5.41) is 9.66. The molecular weight excluding hydrogens is 232 g/mol. The molecule has 2 aromatic carbocycles. The van der Waals surface area contributed by atoms with Crippen LogP contribution in [0.4, 0.5) is 0 Å². The Balaban J connectivity index is 0.000000741. The van der Waals surface area contributed by atoms with Gasteiger partial charge in [0.2, 0.25) is 0 Å². The van der Waals surface area contributed by atoms with Gasteiger partial charge in [-0.2, -0.15) is 0 Å². The maximum atomic E-state index is 9.66. The fourth-order valence-corrected chi connectivity index (χ4v) is 1.67. The Morgan fingerprint density at radius 2 is 1.21 bits per heavy atom. The fraction of sp³-hybridized carbons (Fsp3) is 0.333. The van der Waals surface area contributed by atoms with Gasteiger partial charge >= 0.3 is 0 Å². The lowest BCUT2D eigenvalue weighted by atomic mass is 10.0. The SMILES string of the molecule is CC.CC.Cc1ccccc1Cc1ccccc1O. The Morgan fingerprint density at radius 1 is 0.737 bits per heavy atom. The maximum Gasteiger partial charge on any atom is 0.119 e. The highest BCUT2D eigenvalue weighted by atomic mass is 16.3. The quantitative estimate of drug-likeness (QED) is 0.770. The zero-order valence-corrected chi connectivity index (χ0v) is 12.8. The van der Waals surface area contributed by atoms with Gasteiger partial charge in [0.1, 0.15) is 5.75 Å². The van der Waals surface area contributed by atoms with Crippen LogP contribution in [0.2, 0.25) is 0 Å². The van der Waals surface area contributed by atoms with E-state index in [1.807, 2.05) is 58.0 Å². The summed E-state index contributed by atoms with van der Waals surface area (Å²) >= 11 is 0. The van der Waals surface area contributed by atoms with Crippen LogP contribution in [0.25, 0.3) is 0 Å². The Kier molecular flexibility index (Phi) is 9.25. The summed E-state index contributed by atoms with van der Waals surface area (Å²) in [6.07, 6.45) is 0.791. The lowest BCUT2D eigenvalue weighted by Gasteiger charge is -2.06. The molecule has 0 amide bonds. The molecule has 0 aliphatic heterocycles. The van der Waals surface area contributed by atoms with E-state index in [9.17, 15) is 5.11 Å². The van der Waals surface area contributed by atoms with Gasteiger partial charge < -0.3 is 5.11 Å². The van der Waals surface area contributed by atoms with Gasteiger partial charge in [-0.05, 0) is 29.7 Å². The minimum atomic E-state index is 0.376. The van der Waals surface area contributed by atoms with Crippen molar-refractivity contribution in [3.63, 3.8) is 0 Å². The van der Waals surface area contributed by atoms with Crippen molar-refractivity contribution < 1.29 is 5.11 Å². The standard InChI is InChI=1S/C14H14O.2C2H6/c1-11-6-2-3-7-12(11)10-13-8-4-5-9-14(13)15;2*1-2/h2-9,15H,10H2,1H3;2*1-2H3. The van der Waals surface area contributed by atoms with E-state index in [0.717, 1.165) is 12.0 Å². The van der Waals surface area contributed by atoms with Gasteiger partial charge in [-0.3, -0.25) is 0 Å². The summed E-state index contributed by atoms with van der Waals surface area (Å²) in [6.45, 7) is 10.1. The molecule has 0 spiro atoms. The first kappa shape index (κ1) is 17.2. The highest BCUT2D eigenvalue weighted by molar-refractivity contribution is 5.38. The third-order valence-corrected chi connectivity index (χ3v) is 2.63. The molecule has 1 N–H and O–H groups in total. The summed E-state index contributed by atoms with van der Waals surface area (Å²) in [6, 6.07) is 15.7. The van der Waals surface area contributed by atoms with E-state index in [0.29, 0.717) is 5.75 Å². The van der Waals surface area contributed by atoms with Gasteiger partial charge in [0.05, 0.1) is 0 Å². The molecule has 19 heavy (non-hydrogen) atoms. The van der Waals surface area contributed by atoms with Gasteiger partial charge in [-0.25, -0.2) is 0 Å². The normalized spacial score (nSPS) is 8.68. The number of aromatic hydroxyl groups is 1. The van der Waals surface area contributed by atoms with Crippen molar-refractivity contribution in [2.45, 2.75) is 41.0 Å². The molecule has 1 heteroatoms. The number of aryl methyl sites for hydroxylation is 1. The average molecular weight is 258 g/mol. The molecule has 1 nitrogen and oxygen atoms in total. The van der Waals surface area contributed by atoms with E-state index in [1.54, 1.807) is 6.07 Å². The first-order valence-electron chi connectivity index (χ1n) is 7.09. The van der Waals surface area contributed by atoms with Crippen molar-refractivity contribution in [2.24, 2.45) is 0 Å². The van der Waals surface area contributed by atoms with Crippen LogP contribution in [0.15, 0.2) is 48.5 Å². The van der Waals surface area contributed by atoms with Crippen LogP contribution in [0.1, 0.15) is 44.4 Å². The molecule has 0 bridgehead atoms. The topological polar surface area (TPSA) is 20.2 Å². The third-order valence-electron chi connectivity index (χ3n) is 2.63. The van der Waals surface area contributed by atoms with E-state index in [1.165, 1.54) is 11.1 Å². The molecule has 0 saturated heterocycles. The Morgan fingerprint density at radius 3 is 1.74 bits per heavy atom. The van der Waals surface area contributed by atoms with Gasteiger partial charge in [-0.1, -0.05) is 70.2 Å². The Bertz CT molecular complexity index is 417. The predicted octanol–water partition coefficient (Wildman–Crippen LogP) is 5.34. The number of phenolic OH excluding ortho intramolecular Hbond substituents is 1. The van der Waals surface area contributed by atoms with Crippen LogP contribution in [0.5, 0.6) is 5.75 Å². The molecule has 0 radical (unpaired) electrons. The van der Waals surface area contributed by atoms with Gasteiger partial charge in [0.25, 0.3) is 0 Å². The van der Waals surface area contributed by atoms with Crippen LogP contribution in [0.3, 0.4) is 0 Å². The summed E-state index contributed by atoms with van der Waals surface area (Å²) in [5.41, 5.74) is 3.51. The number of rotatable bonds is 2. The second-order valence-electron chi connectivity index (χ2n) is 3.73. The van der Waals surface area contributed by atoms with E-state index in [2.05, 4.69) is 19.1 Å². The zero-order valence-electron chi connectivity index (χ0n) is 12.8. The van der Waals surface area contributed by atoms with Crippen LogP contribution in [-0.2, 0) is 6.42 Å². The second-order valence-corrected chi connectivity index (χ2v) is 3.73. The molecule has 0 aromatic heterocycles. The number of phenols is 1. The molecular formula is C18H26O. The maximum absolute atomic E-state index is 9.66. The van der Waals surface area contributed by atoms with Crippen LogP contribution in [-0.4, -0.2) is 5.11 Å². The molecule has 104 valence electrons. The summed E-state index contributed by atoms with van der Waals surface area (Å²) < 4.78 is 0. The summed E-state index contributed by atoms with van der Waals surface area (Å²) in [7, 11) is 0. The van der Waals surface area contributed by atoms with Crippen LogP contribution < -0.4 is 0 Å². The predicted molar refractivity (Wildman–Crippen MR) is 84.8 cm³/mol. The van der Waals surface area contributed by atoms with Crippen molar-refractivity contribution in [3.05, 3.63) is 65.2 Å². The van der Waals surface area contributed by atoms with Gasteiger partial charge in [0.15, 0.2) is 0 Å². The molecule has 2 aromatic rings. The highest BCUT2D eigenvalue weighted by Gasteiger charge is 2.02. The lowest BCUT2D eigenvalue weighted by molar-refractivity contribution is 0.469. The van der Waals surface area contributed by atoms with E-state index in [-0.39, 0.29) is 0 Å². The molecule has 0 aliphatic carbocycles. The van der Waals surface area contributed by atoms with Gasteiger partial charge in [0, 0.05) is 6.42 Å². The zero-order chi connectivity index (χ0) is 14.7. The van der Waals surface area contributed by atoms with Crippen molar-refractivity contribution in [2.75, 3.05) is 0 Å². The van der Waals surface area contributed by atoms with E-state index < -0.39 is 0 Å². The Hall–Kier alpha value is -1.76. The molecule has 2 rings (SSSR count). The smallest absolute Gasteiger partial charge is 0.119 e. The fourth-order valence-electron chi connectivity index (χ4n) is 1.67. The minimum Gasteiger partial charge on any atom is -0.508 e. The van der Waals surface area contributed by atoms with Crippen LogP contribution in [0, 0.1) is 6.92 Å². The first-order chi connectivity index (χ1) is 9.27. The summed E-state index contributed by atoms with van der Waals surface area (Å²) in [5.74, 6) is 0.376. The van der Waals surface area contributed by atoms with Crippen LogP contribution >= 0.6 is 0 Å². The molecule has 0 heterocycles. The largest absolute Gasteiger partial charge is 0.508 e. The van der Waals surface area contributed by atoms with Crippen molar-refractivity contribution in [1.29, 1.82) is 0 Å². The highest BCUT2D eigenvalue weighted by Crippen LogP contribution is 2.20. The minimum absolute atomic E-state index is 0.376. The Labute approximate surface area is 117 Å². The molecule has 0 unspecified atom stereocenters.